The number of nitrogens with zero attached hydrogens (tertiary/aromatic N) is 1. The third kappa shape index (κ3) is 5.59. The number of amides is 1. The maximum atomic E-state index is 12.5. The van der Waals surface area contributed by atoms with E-state index in [1.807, 2.05) is 18.2 Å². The van der Waals surface area contributed by atoms with E-state index in [1.165, 1.54) is 23.5 Å². The molecule has 2 aliphatic heterocycles. The molecule has 0 unspecified atom stereocenters. The third-order valence-corrected chi connectivity index (χ3v) is 5.01. The van der Waals surface area contributed by atoms with Crippen LogP contribution in [0.25, 0.3) is 0 Å². The molecule has 2 heterocycles. The number of ether oxygens (including phenoxy) is 3. The smallest absolute Gasteiger partial charge is 0.336 e. The first-order valence-electron chi connectivity index (χ1n) is 10.1. The fourth-order valence-corrected chi connectivity index (χ4v) is 3.48. The molecular weight excluding hydrogens is 374 g/mol. The van der Waals surface area contributed by atoms with Gasteiger partial charge in [0, 0.05) is 6.92 Å². The summed E-state index contributed by atoms with van der Waals surface area (Å²) in [5.74, 6) is -0.756. The molecule has 29 heavy (non-hydrogen) atoms. The van der Waals surface area contributed by atoms with E-state index in [0.717, 1.165) is 32.1 Å². The van der Waals surface area contributed by atoms with Gasteiger partial charge in [-0.15, -0.1) is 0 Å². The standard InChI is InChI=1S/C22H27NO6/c1-16(24)27-14-12-18-21(23-19(25)15-20(23)29-18)22(26)28-13-8-3-2-5-9-17-10-6-4-7-11-17/h4,6-7,10-12,20-21H,2-3,5,8-9,13-15H2,1H3/b18-12-/t20-,21-/m1/s1. The summed E-state index contributed by atoms with van der Waals surface area (Å²) in [6, 6.07) is 9.48. The number of hydrogen-bond acceptors (Lipinski definition) is 6. The Morgan fingerprint density at radius 3 is 2.62 bits per heavy atom. The van der Waals surface area contributed by atoms with Crippen LogP contribution in [0.4, 0.5) is 0 Å². The zero-order valence-corrected chi connectivity index (χ0v) is 16.7. The third-order valence-electron chi connectivity index (χ3n) is 5.01. The number of carbonyl (C=O) groups excluding carboxylic acids is 3. The van der Waals surface area contributed by atoms with Crippen molar-refractivity contribution >= 4 is 17.8 Å². The van der Waals surface area contributed by atoms with Gasteiger partial charge in [-0.1, -0.05) is 43.2 Å². The normalized spacial score (nSPS) is 21.3. The second kappa shape index (κ2) is 10.1. The minimum Gasteiger partial charge on any atom is -0.472 e. The van der Waals surface area contributed by atoms with E-state index in [0.29, 0.717) is 12.4 Å². The first-order valence-corrected chi connectivity index (χ1v) is 10.1. The highest BCUT2D eigenvalue weighted by molar-refractivity contribution is 5.91. The van der Waals surface area contributed by atoms with E-state index >= 15 is 0 Å². The van der Waals surface area contributed by atoms with Crippen LogP contribution in [0.1, 0.15) is 44.6 Å². The van der Waals surface area contributed by atoms with Crippen LogP contribution in [0.15, 0.2) is 42.2 Å². The fraction of sp³-hybridized carbons (Fsp3) is 0.500. The minimum absolute atomic E-state index is 0.00931. The number of unbranched alkanes of at least 4 members (excludes halogenated alkanes) is 3. The van der Waals surface area contributed by atoms with E-state index < -0.39 is 24.2 Å². The molecule has 0 aromatic heterocycles. The van der Waals surface area contributed by atoms with Gasteiger partial charge in [0.25, 0.3) is 0 Å². The van der Waals surface area contributed by atoms with Gasteiger partial charge < -0.3 is 14.2 Å². The lowest BCUT2D eigenvalue weighted by molar-refractivity contribution is -0.165. The highest BCUT2D eigenvalue weighted by Crippen LogP contribution is 2.36. The van der Waals surface area contributed by atoms with E-state index in [1.54, 1.807) is 0 Å². The maximum absolute atomic E-state index is 12.5. The van der Waals surface area contributed by atoms with Crippen molar-refractivity contribution in [3.8, 4) is 0 Å². The minimum atomic E-state index is -0.880. The molecule has 0 radical (unpaired) electrons. The van der Waals surface area contributed by atoms with Gasteiger partial charge in [0.05, 0.1) is 13.0 Å². The molecule has 0 spiro atoms. The Balaban J connectivity index is 1.38. The summed E-state index contributed by atoms with van der Waals surface area (Å²) >= 11 is 0. The summed E-state index contributed by atoms with van der Waals surface area (Å²) in [5.41, 5.74) is 1.34. The quantitative estimate of drug-likeness (QED) is 0.341. The Kier molecular flexibility index (Phi) is 7.27. The molecule has 0 saturated carbocycles. The van der Waals surface area contributed by atoms with Gasteiger partial charge in [0.2, 0.25) is 5.91 Å². The molecule has 156 valence electrons. The Hall–Kier alpha value is -2.83. The second-order valence-electron chi connectivity index (χ2n) is 7.21. The molecule has 7 nitrogen and oxygen atoms in total. The number of β-lactam (4-membered cyclic amide) rings is 1. The molecule has 1 amide bonds. The van der Waals surface area contributed by atoms with Crippen LogP contribution in [0.5, 0.6) is 0 Å². The molecule has 1 aromatic carbocycles. The number of benzene rings is 1. The first kappa shape index (κ1) is 20.9. The van der Waals surface area contributed by atoms with Gasteiger partial charge in [0.15, 0.2) is 12.3 Å². The average Bonchev–Trinajstić information content (AvgIpc) is 2.99. The number of esters is 2. The molecular formula is C22H27NO6. The van der Waals surface area contributed by atoms with E-state index in [-0.39, 0.29) is 18.9 Å². The van der Waals surface area contributed by atoms with Crippen molar-refractivity contribution in [1.82, 2.24) is 4.90 Å². The van der Waals surface area contributed by atoms with Crippen molar-refractivity contribution in [1.29, 1.82) is 0 Å². The molecule has 2 aliphatic rings. The lowest BCUT2D eigenvalue weighted by atomic mass is 10.1. The lowest BCUT2D eigenvalue weighted by Gasteiger charge is -2.33. The Bertz CT molecular complexity index is 760. The van der Waals surface area contributed by atoms with Crippen LogP contribution in [-0.2, 0) is 35.0 Å². The summed E-state index contributed by atoms with van der Waals surface area (Å²) in [7, 11) is 0. The van der Waals surface area contributed by atoms with Crippen LogP contribution in [0, 0.1) is 0 Å². The van der Waals surface area contributed by atoms with Gasteiger partial charge >= 0.3 is 11.9 Å². The molecule has 3 rings (SSSR count). The van der Waals surface area contributed by atoms with Crippen molar-refractivity contribution in [2.75, 3.05) is 13.2 Å². The Labute approximate surface area is 170 Å². The van der Waals surface area contributed by atoms with Gasteiger partial charge in [0.1, 0.15) is 12.4 Å². The van der Waals surface area contributed by atoms with Crippen molar-refractivity contribution < 1.29 is 28.6 Å². The summed E-state index contributed by atoms with van der Waals surface area (Å²) in [6.07, 6.45) is 6.30. The van der Waals surface area contributed by atoms with Crippen LogP contribution in [-0.4, -0.2) is 48.2 Å². The second-order valence-corrected chi connectivity index (χ2v) is 7.21. The SMILES string of the molecule is CC(=O)OC/C=C1\O[C@@H]2CC(=O)N2[C@H]1C(=O)OCCCCCCc1ccccc1. The summed E-state index contributed by atoms with van der Waals surface area (Å²) < 4.78 is 15.9. The largest absolute Gasteiger partial charge is 0.472 e. The molecule has 0 N–H and O–H groups in total. The molecule has 0 aliphatic carbocycles. The monoisotopic (exact) mass is 401 g/mol. The van der Waals surface area contributed by atoms with Crippen LogP contribution in [0.2, 0.25) is 0 Å². The highest BCUT2D eigenvalue weighted by Gasteiger charge is 2.54. The zero-order chi connectivity index (χ0) is 20.6. The fourth-order valence-electron chi connectivity index (χ4n) is 3.48. The summed E-state index contributed by atoms with van der Waals surface area (Å²) in [4.78, 5) is 36.7. The topological polar surface area (TPSA) is 82.1 Å². The molecule has 2 saturated heterocycles. The number of rotatable bonds is 10. The number of aryl methyl sites for hydroxylation is 1. The molecule has 2 atom stereocenters. The molecule has 0 bridgehead atoms. The summed E-state index contributed by atoms with van der Waals surface area (Å²) in [5, 5.41) is 0. The van der Waals surface area contributed by atoms with Crippen molar-refractivity contribution in [3.05, 3.63) is 47.7 Å². The first-order chi connectivity index (χ1) is 14.1. The van der Waals surface area contributed by atoms with E-state index in [9.17, 15) is 14.4 Å². The average molecular weight is 401 g/mol. The van der Waals surface area contributed by atoms with E-state index in [4.69, 9.17) is 14.2 Å². The van der Waals surface area contributed by atoms with Crippen molar-refractivity contribution in [2.24, 2.45) is 0 Å². The lowest BCUT2D eigenvalue weighted by Crippen LogP contribution is -2.55. The maximum Gasteiger partial charge on any atom is 0.336 e. The number of fused-ring (bicyclic) bond motifs is 1. The predicted octanol–water partition coefficient (Wildman–Crippen LogP) is 2.74. The van der Waals surface area contributed by atoms with Gasteiger partial charge in [-0.25, -0.2) is 4.79 Å². The van der Waals surface area contributed by atoms with Crippen LogP contribution >= 0.6 is 0 Å². The highest BCUT2D eigenvalue weighted by atomic mass is 16.6. The summed E-state index contributed by atoms with van der Waals surface area (Å²) in [6.45, 7) is 1.60. The van der Waals surface area contributed by atoms with Crippen LogP contribution < -0.4 is 0 Å². The molecule has 1 aromatic rings. The Morgan fingerprint density at radius 2 is 1.90 bits per heavy atom. The zero-order valence-electron chi connectivity index (χ0n) is 16.7. The number of carbonyl (C=O) groups is 3. The molecule has 7 heteroatoms. The predicted molar refractivity (Wildman–Crippen MR) is 104 cm³/mol. The molecule has 2 fully saturated rings. The van der Waals surface area contributed by atoms with Crippen molar-refractivity contribution in [2.45, 2.75) is 57.7 Å². The van der Waals surface area contributed by atoms with E-state index in [2.05, 4.69) is 12.1 Å². The Morgan fingerprint density at radius 1 is 1.14 bits per heavy atom. The number of hydrogen-bond donors (Lipinski definition) is 0. The van der Waals surface area contributed by atoms with Gasteiger partial charge in [-0.05, 0) is 30.9 Å². The van der Waals surface area contributed by atoms with Crippen molar-refractivity contribution in [3.63, 3.8) is 0 Å². The van der Waals surface area contributed by atoms with Gasteiger partial charge in [-0.2, -0.15) is 0 Å². The van der Waals surface area contributed by atoms with Crippen LogP contribution in [0.3, 0.4) is 0 Å². The van der Waals surface area contributed by atoms with Gasteiger partial charge in [-0.3, -0.25) is 14.5 Å².